The number of amides is 1. The second-order valence-electron chi connectivity index (χ2n) is 6.79. The first kappa shape index (κ1) is 20.0. The number of halogens is 3. The monoisotopic (exact) mass is 432 g/mol. The number of rotatable bonds is 3. The van der Waals surface area contributed by atoms with Crippen molar-refractivity contribution in [3.8, 4) is 0 Å². The molecule has 1 amide bonds. The number of benzene rings is 2. The number of aromatic nitrogens is 1. The van der Waals surface area contributed by atoms with Crippen LogP contribution in [-0.2, 0) is 0 Å². The summed E-state index contributed by atoms with van der Waals surface area (Å²) in [7, 11) is 0. The Kier molecular flexibility index (Phi) is 5.21. The van der Waals surface area contributed by atoms with E-state index < -0.39 is 22.5 Å². The molecule has 1 aromatic heterocycles. The number of nitro benzene ring substituents is 1. The number of pyridine rings is 1. The lowest BCUT2D eigenvalue weighted by atomic mass is 10.1. The fourth-order valence-corrected chi connectivity index (χ4v) is 3.80. The van der Waals surface area contributed by atoms with Crippen molar-refractivity contribution in [3.63, 3.8) is 0 Å². The van der Waals surface area contributed by atoms with Crippen molar-refractivity contribution in [3.05, 3.63) is 74.9 Å². The Morgan fingerprint density at radius 1 is 1.10 bits per heavy atom. The number of non-ortho nitro benzene ring substituents is 1. The summed E-state index contributed by atoms with van der Waals surface area (Å²) in [6, 6.07) is 7.97. The van der Waals surface area contributed by atoms with E-state index in [2.05, 4.69) is 4.98 Å². The van der Waals surface area contributed by atoms with Crippen molar-refractivity contribution in [1.82, 2.24) is 9.88 Å². The van der Waals surface area contributed by atoms with Crippen molar-refractivity contribution in [1.29, 1.82) is 0 Å². The maximum Gasteiger partial charge on any atom is 0.278 e. The van der Waals surface area contributed by atoms with Crippen molar-refractivity contribution < 1.29 is 18.5 Å². The molecule has 0 bridgehead atoms. The van der Waals surface area contributed by atoms with Gasteiger partial charge in [0.1, 0.15) is 5.52 Å². The molecule has 2 aromatic carbocycles. The Bertz CT molecular complexity index is 1170. The summed E-state index contributed by atoms with van der Waals surface area (Å²) in [6.07, 6.45) is 1.57. The van der Waals surface area contributed by atoms with Gasteiger partial charge in [-0.3, -0.25) is 19.9 Å². The summed E-state index contributed by atoms with van der Waals surface area (Å²) in [5.41, 5.74) is 1.12. The summed E-state index contributed by atoms with van der Waals surface area (Å²) in [6.45, 7) is 1.52. The molecule has 0 atom stereocenters. The van der Waals surface area contributed by atoms with E-state index in [1.54, 1.807) is 24.4 Å². The number of nitrogens with zero attached hydrogens (tertiary/aromatic N) is 4. The second kappa shape index (κ2) is 7.83. The molecular formula is C20H15ClF2N4O3. The van der Waals surface area contributed by atoms with Crippen LogP contribution >= 0.6 is 11.6 Å². The molecule has 1 aliphatic heterocycles. The van der Waals surface area contributed by atoms with Gasteiger partial charge in [-0.05, 0) is 30.3 Å². The van der Waals surface area contributed by atoms with Crippen LogP contribution in [0.3, 0.4) is 0 Å². The highest BCUT2D eigenvalue weighted by atomic mass is 35.5. The number of hydrogen-bond donors (Lipinski definition) is 0. The third-order valence-electron chi connectivity index (χ3n) is 5.07. The van der Waals surface area contributed by atoms with Crippen LogP contribution in [0.25, 0.3) is 10.9 Å². The molecule has 4 rings (SSSR count). The van der Waals surface area contributed by atoms with Gasteiger partial charge in [0.05, 0.1) is 26.6 Å². The minimum absolute atomic E-state index is 0.0244. The number of carbonyl (C=O) groups excluding carboxylic acids is 1. The minimum atomic E-state index is -1.13. The first-order valence-electron chi connectivity index (χ1n) is 9.07. The minimum Gasteiger partial charge on any atom is -0.366 e. The van der Waals surface area contributed by atoms with E-state index in [1.165, 1.54) is 11.0 Å². The lowest BCUT2D eigenvalue weighted by Crippen LogP contribution is -2.49. The van der Waals surface area contributed by atoms with Gasteiger partial charge in [0.15, 0.2) is 11.6 Å². The van der Waals surface area contributed by atoms with Gasteiger partial charge in [0.2, 0.25) is 0 Å². The zero-order chi connectivity index (χ0) is 21.4. The van der Waals surface area contributed by atoms with Crippen LogP contribution in [0, 0.1) is 21.7 Å². The summed E-state index contributed by atoms with van der Waals surface area (Å²) in [5.74, 6) is -2.73. The maximum atomic E-state index is 13.5. The van der Waals surface area contributed by atoms with Gasteiger partial charge in [0.25, 0.3) is 11.6 Å². The standard InChI is InChI=1S/C20H15ClF2N4O3/c21-14-11-16(23)15(22)10-13(14)20(28)26-8-6-25(7-9-26)18-4-3-17(27(29)30)12-2-1-5-24-19(12)18/h1-5,10-11H,6-9H2. The Labute approximate surface area is 174 Å². The zero-order valence-electron chi connectivity index (χ0n) is 15.5. The third kappa shape index (κ3) is 3.52. The molecule has 0 N–H and O–H groups in total. The van der Waals surface area contributed by atoms with Gasteiger partial charge in [-0.1, -0.05) is 11.6 Å². The molecular weight excluding hydrogens is 418 g/mol. The van der Waals surface area contributed by atoms with Crippen LogP contribution in [0.15, 0.2) is 42.6 Å². The lowest BCUT2D eigenvalue weighted by Gasteiger charge is -2.36. The number of carbonyl (C=O) groups is 1. The van der Waals surface area contributed by atoms with Crippen LogP contribution < -0.4 is 4.90 Å². The van der Waals surface area contributed by atoms with Gasteiger partial charge in [0, 0.05) is 38.4 Å². The second-order valence-corrected chi connectivity index (χ2v) is 7.19. The number of hydrogen-bond acceptors (Lipinski definition) is 5. The van der Waals surface area contributed by atoms with E-state index in [0.717, 1.165) is 17.8 Å². The number of piperazine rings is 1. The molecule has 10 heteroatoms. The molecule has 2 heterocycles. The smallest absolute Gasteiger partial charge is 0.278 e. The highest BCUT2D eigenvalue weighted by Crippen LogP contribution is 2.32. The highest BCUT2D eigenvalue weighted by Gasteiger charge is 2.27. The van der Waals surface area contributed by atoms with Crippen molar-refractivity contribution in [2.45, 2.75) is 0 Å². The Morgan fingerprint density at radius 2 is 1.80 bits per heavy atom. The molecule has 3 aromatic rings. The molecule has 30 heavy (non-hydrogen) atoms. The fourth-order valence-electron chi connectivity index (χ4n) is 3.56. The van der Waals surface area contributed by atoms with Gasteiger partial charge in [-0.25, -0.2) is 8.78 Å². The Balaban J connectivity index is 1.56. The molecule has 0 spiro atoms. The van der Waals surface area contributed by atoms with E-state index in [-0.39, 0.29) is 16.3 Å². The van der Waals surface area contributed by atoms with Crippen LogP contribution in [0.5, 0.6) is 0 Å². The number of anilines is 1. The van der Waals surface area contributed by atoms with E-state index in [4.69, 9.17) is 11.6 Å². The van der Waals surface area contributed by atoms with Crippen molar-refractivity contribution >= 4 is 39.8 Å². The largest absolute Gasteiger partial charge is 0.366 e. The van der Waals surface area contributed by atoms with Gasteiger partial charge in [-0.15, -0.1) is 0 Å². The molecule has 0 unspecified atom stereocenters. The summed E-state index contributed by atoms with van der Waals surface area (Å²) in [5, 5.41) is 11.6. The highest BCUT2D eigenvalue weighted by molar-refractivity contribution is 6.33. The van der Waals surface area contributed by atoms with Crippen LogP contribution in [0.1, 0.15) is 10.4 Å². The first-order valence-corrected chi connectivity index (χ1v) is 9.45. The Morgan fingerprint density at radius 3 is 2.50 bits per heavy atom. The van der Waals surface area contributed by atoms with Gasteiger partial charge >= 0.3 is 0 Å². The quantitative estimate of drug-likeness (QED) is 0.354. The predicted octanol–water partition coefficient (Wildman–Crippen LogP) is 4.04. The zero-order valence-corrected chi connectivity index (χ0v) is 16.3. The molecule has 1 fully saturated rings. The SMILES string of the molecule is O=C(c1cc(F)c(F)cc1Cl)N1CCN(c2ccc([N+](=O)[O-])c3cccnc23)CC1. The van der Waals surface area contributed by atoms with Crippen molar-refractivity contribution in [2.24, 2.45) is 0 Å². The molecule has 7 nitrogen and oxygen atoms in total. The van der Waals surface area contributed by atoms with E-state index >= 15 is 0 Å². The first-order chi connectivity index (χ1) is 14.4. The molecule has 1 saturated heterocycles. The normalized spacial score (nSPS) is 14.2. The fraction of sp³-hybridized carbons (Fsp3) is 0.200. The lowest BCUT2D eigenvalue weighted by molar-refractivity contribution is -0.383. The molecule has 0 saturated carbocycles. The van der Waals surface area contributed by atoms with Crippen LogP contribution in [0.4, 0.5) is 20.2 Å². The topological polar surface area (TPSA) is 79.6 Å². The van der Waals surface area contributed by atoms with E-state index in [0.29, 0.717) is 37.1 Å². The van der Waals surface area contributed by atoms with Crippen molar-refractivity contribution in [2.75, 3.05) is 31.1 Å². The molecule has 154 valence electrons. The van der Waals surface area contributed by atoms with E-state index in [1.807, 2.05) is 4.90 Å². The number of nitro groups is 1. The van der Waals surface area contributed by atoms with Crippen LogP contribution in [-0.4, -0.2) is 46.9 Å². The van der Waals surface area contributed by atoms with Crippen LogP contribution in [0.2, 0.25) is 5.02 Å². The predicted molar refractivity (Wildman–Crippen MR) is 108 cm³/mol. The summed E-state index contributed by atoms with van der Waals surface area (Å²) in [4.78, 5) is 31.3. The molecule has 1 aliphatic rings. The number of fused-ring (bicyclic) bond motifs is 1. The Hall–Kier alpha value is -3.33. The summed E-state index contributed by atoms with van der Waals surface area (Å²) >= 11 is 5.92. The van der Waals surface area contributed by atoms with Gasteiger partial charge in [-0.2, -0.15) is 0 Å². The average Bonchev–Trinajstić information content (AvgIpc) is 2.75. The maximum absolute atomic E-state index is 13.5. The third-order valence-corrected chi connectivity index (χ3v) is 5.38. The average molecular weight is 433 g/mol. The molecule has 0 aliphatic carbocycles. The summed E-state index contributed by atoms with van der Waals surface area (Å²) < 4.78 is 26.8. The molecule has 0 radical (unpaired) electrons. The van der Waals surface area contributed by atoms with E-state index in [9.17, 15) is 23.7 Å². The van der Waals surface area contributed by atoms with Gasteiger partial charge < -0.3 is 9.80 Å².